The number of carbonyl (C=O) groups excluding carboxylic acids is 3. The first-order chi connectivity index (χ1) is 14.3. The van der Waals surface area contributed by atoms with E-state index in [9.17, 15) is 14.4 Å². The number of anilines is 1. The third-order valence-corrected chi connectivity index (χ3v) is 6.27. The summed E-state index contributed by atoms with van der Waals surface area (Å²) in [6, 6.07) is 13.0. The van der Waals surface area contributed by atoms with E-state index in [0.29, 0.717) is 27.8 Å². The van der Waals surface area contributed by atoms with Crippen LogP contribution < -0.4 is 21.5 Å². The van der Waals surface area contributed by atoms with Gasteiger partial charge in [0, 0.05) is 11.1 Å². The number of aromatic nitrogens is 1. The summed E-state index contributed by atoms with van der Waals surface area (Å²) in [4.78, 5) is 38.8. The largest absolute Gasteiger partial charge is 0.457 e. The Morgan fingerprint density at radius 2 is 1.57 bits per heavy atom. The number of amides is 3. The van der Waals surface area contributed by atoms with Crippen LogP contribution in [0.5, 0.6) is 11.5 Å². The molecule has 1 aromatic heterocycles. The maximum atomic E-state index is 12.5. The highest BCUT2D eigenvalue weighted by atomic mass is 32.2. The van der Waals surface area contributed by atoms with Gasteiger partial charge in [-0.15, -0.1) is 11.8 Å². The van der Waals surface area contributed by atoms with Crippen LogP contribution >= 0.6 is 23.1 Å². The van der Waals surface area contributed by atoms with Crippen molar-refractivity contribution >= 4 is 46.0 Å². The number of rotatable bonds is 8. The number of ether oxygens (including phenoxy) is 1. The summed E-state index contributed by atoms with van der Waals surface area (Å²) >= 11 is 2.58. The van der Waals surface area contributed by atoms with Gasteiger partial charge in [0.2, 0.25) is 11.8 Å². The Morgan fingerprint density at radius 1 is 1.00 bits per heavy atom. The molecule has 0 atom stereocenters. The third kappa shape index (κ3) is 5.58. The van der Waals surface area contributed by atoms with E-state index in [1.54, 1.807) is 55.5 Å². The summed E-state index contributed by atoms with van der Waals surface area (Å²) < 4.78 is 6.53. The number of nitrogens with one attached hydrogen (secondary N) is 1. The summed E-state index contributed by atoms with van der Waals surface area (Å²) in [7, 11) is 0. The Balaban J connectivity index is 1.61. The monoisotopic (exact) mass is 442 g/mol. The minimum absolute atomic E-state index is 0.156. The van der Waals surface area contributed by atoms with E-state index >= 15 is 0 Å². The molecule has 0 aliphatic heterocycles. The molecule has 0 aliphatic rings. The highest BCUT2D eigenvalue weighted by molar-refractivity contribution is 8.01. The molecule has 1 heterocycles. The molecule has 8 nitrogen and oxygen atoms in total. The first kappa shape index (κ1) is 21.3. The molecule has 2 aromatic carbocycles. The third-order valence-electron chi connectivity index (χ3n) is 3.81. The zero-order valence-corrected chi connectivity index (χ0v) is 17.5. The molecule has 0 saturated carbocycles. The number of thiazole rings is 1. The van der Waals surface area contributed by atoms with Crippen LogP contribution in [-0.4, -0.2) is 28.5 Å². The molecule has 5 N–H and O–H groups in total. The van der Waals surface area contributed by atoms with Crippen LogP contribution in [0.2, 0.25) is 0 Å². The summed E-state index contributed by atoms with van der Waals surface area (Å²) in [5, 5.41) is 3.19. The lowest BCUT2D eigenvalue weighted by Gasteiger charge is -2.07. The van der Waals surface area contributed by atoms with Gasteiger partial charge in [-0.3, -0.25) is 19.7 Å². The van der Waals surface area contributed by atoms with E-state index < -0.39 is 11.8 Å². The van der Waals surface area contributed by atoms with Crippen molar-refractivity contribution in [2.24, 2.45) is 11.5 Å². The Bertz CT molecular complexity index is 1080. The average Bonchev–Trinajstić information content (AvgIpc) is 3.06. The molecule has 10 heteroatoms. The molecule has 3 aromatic rings. The smallest absolute Gasteiger partial charge is 0.257 e. The van der Waals surface area contributed by atoms with E-state index in [-0.39, 0.29) is 11.7 Å². The number of carbonyl (C=O) groups is 3. The number of nitrogens with zero attached hydrogens (tertiary/aromatic N) is 1. The van der Waals surface area contributed by atoms with Gasteiger partial charge in [-0.2, -0.15) is 0 Å². The van der Waals surface area contributed by atoms with E-state index in [0.717, 1.165) is 9.90 Å². The SMILES string of the molecule is Cc1nc(NC(=O)c2ccc(Oc3ccc(C(N)=O)cc3)cc2)sc1SCC(N)=O. The minimum Gasteiger partial charge on any atom is -0.457 e. The number of nitrogens with two attached hydrogens (primary N) is 2. The second-order valence-corrected chi connectivity index (χ2v) is 8.36. The van der Waals surface area contributed by atoms with Gasteiger partial charge in [0.25, 0.3) is 5.91 Å². The lowest BCUT2D eigenvalue weighted by molar-refractivity contribution is -0.115. The zero-order chi connectivity index (χ0) is 21.7. The predicted molar refractivity (Wildman–Crippen MR) is 116 cm³/mol. The molecule has 0 saturated heterocycles. The van der Waals surface area contributed by atoms with Crippen LogP contribution in [0.4, 0.5) is 5.13 Å². The summed E-state index contributed by atoms with van der Waals surface area (Å²) in [5.74, 6) is -0.00332. The highest BCUT2D eigenvalue weighted by Crippen LogP contribution is 2.32. The van der Waals surface area contributed by atoms with Gasteiger partial charge in [-0.05, 0) is 55.5 Å². The van der Waals surface area contributed by atoms with Crippen molar-refractivity contribution in [3.05, 3.63) is 65.4 Å². The van der Waals surface area contributed by atoms with Crippen molar-refractivity contribution in [3.63, 3.8) is 0 Å². The number of hydrogen-bond donors (Lipinski definition) is 3. The second-order valence-electron chi connectivity index (χ2n) is 6.12. The maximum Gasteiger partial charge on any atom is 0.257 e. The fourth-order valence-corrected chi connectivity index (χ4v) is 4.25. The van der Waals surface area contributed by atoms with Crippen molar-refractivity contribution in [1.29, 1.82) is 0 Å². The van der Waals surface area contributed by atoms with Crippen molar-refractivity contribution in [2.45, 2.75) is 11.1 Å². The van der Waals surface area contributed by atoms with Gasteiger partial charge in [0.05, 0.1) is 15.7 Å². The lowest BCUT2D eigenvalue weighted by atomic mass is 10.2. The Morgan fingerprint density at radius 3 is 2.10 bits per heavy atom. The van der Waals surface area contributed by atoms with Gasteiger partial charge in [-0.1, -0.05) is 11.3 Å². The first-order valence-corrected chi connectivity index (χ1v) is 10.5. The second kappa shape index (κ2) is 9.42. The minimum atomic E-state index is -0.508. The Labute approximate surface area is 180 Å². The molecule has 0 aliphatic carbocycles. The van der Waals surface area contributed by atoms with Crippen LogP contribution in [0.3, 0.4) is 0 Å². The fraction of sp³-hybridized carbons (Fsp3) is 0.100. The summed E-state index contributed by atoms with van der Waals surface area (Å²) in [5.41, 5.74) is 11.9. The molecular weight excluding hydrogens is 424 g/mol. The van der Waals surface area contributed by atoms with Crippen molar-refractivity contribution < 1.29 is 19.1 Å². The van der Waals surface area contributed by atoms with Gasteiger partial charge in [0.15, 0.2) is 5.13 Å². The standard InChI is InChI=1S/C20H18N4O4S2/c1-11-19(29-10-16(21)25)30-20(23-11)24-18(27)13-4-8-15(9-5-13)28-14-6-2-12(3-7-14)17(22)26/h2-9H,10H2,1H3,(H2,21,25)(H2,22,26)(H,23,24,27). The Kier molecular flexibility index (Phi) is 6.70. The van der Waals surface area contributed by atoms with Crippen molar-refractivity contribution in [2.75, 3.05) is 11.1 Å². The summed E-state index contributed by atoms with van der Waals surface area (Å²) in [6.45, 7) is 1.80. The number of primary amides is 2. The first-order valence-electron chi connectivity index (χ1n) is 8.69. The quantitative estimate of drug-likeness (QED) is 0.458. The van der Waals surface area contributed by atoms with Gasteiger partial charge < -0.3 is 16.2 Å². The van der Waals surface area contributed by atoms with Gasteiger partial charge in [-0.25, -0.2) is 4.98 Å². The zero-order valence-electron chi connectivity index (χ0n) is 15.9. The molecule has 30 heavy (non-hydrogen) atoms. The van der Waals surface area contributed by atoms with Crippen LogP contribution in [0.25, 0.3) is 0 Å². The van der Waals surface area contributed by atoms with Crippen LogP contribution in [0.15, 0.2) is 52.7 Å². The predicted octanol–water partition coefficient (Wildman–Crippen LogP) is 3.17. The van der Waals surface area contributed by atoms with E-state index in [1.807, 2.05) is 0 Å². The normalized spacial score (nSPS) is 10.4. The van der Waals surface area contributed by atoms with Crippen LogP contribution in [-0.2, 0) is 4.79 Å². The highest BCUT2D eigenvalue weighted by Gasteiger charge is 2.13. The molecule has 154 valence electrons. The molecule has 3 rings (SSSR count). The van der Waals surface area contributed by atoms with Gasteiger partial charge >= 0.3 is 0 Å². The molecule has 0 spiro atoms. The number of aryl methyl sites for hydroxylation is 1. The topological polar surface area (TPSA) is 137 Å². The van der Waals surface area contributed by atoms with Crippen molar-refractivity contribution in [3.8, 4) is 11.5 Å². The van der Waals surface area contributed by atoms with Crippen molar-refractivity contribution in [1.82, 2.24) is 4.98 Å². The summed E-state index contributed by atoms with van der Waals surface area (Å²) in [6.07, 6.45) is 0. The van der Waals surface area contributed by atoms with E-state index in [1.165, 1.54) is 23.1 Å². The van der Waals surface area contributed by atoms with E-state index in [2.05, 4.69) is 10.3 Å². The molecule has 0 radical (unpaired) electrons. The molecular formula is C20H18N4O4S2. The molecule has 0 bridgehead atoms. The lowest BCUT2D eigenvalue weighted by Crippen LogP contribution is -2.12. The van der Waals surface area contributed by atoms with Crippen LogP contribution in [0, 0.1) is 6.92 Å². The van der Waals surface area contributed by atoms with E-state index in [4.69, 9.17) is 16.2 Å². The van der Waals surface area contributed by atoms with Gasteiger partial charge in [0.1, 0.15) is 11.5 Å². The Hall–Kier alpha value is -3.37. The average molecular weight is 443 g/mol. The van der Waals surface area contributed by atoms with Crippen LogP contribution in [0.1, 0.15) is 26.4 Å². The number of thioether (sulfide) groups is 1. The molecule has 0 unspecified atom stereocenters. The number of benzene rings is 2. The fourth-order valence-electron chi connectivity index (χ4n) is 2.37. The molecule has 3 amide bonds. The maximum absolute atomic E-state index is 12.5. The number of hydrogen-bond acceptors (Lipinski definition) is 7. The molecule has 0 fully saturated rings.